The number of amides is 1. The molecule has 2 atom stereocenters. The smallest absolute Gasteiger partial charge is 0.301 e. The van der Waals surface area contributed by atoms with Crippen molar-refractivity contribution in [2.45, 2.75) is 35.6 Å². The maximum absolute atomic E-state index is 13.5. The summed E-state index contributed by atoms with van der Waals surface area (Å²) >= 11 is 21.2. The lowest BCUT2D eigenvalue weighted by atomic mass is 9.94. The number of aliphatic hydroxyl groups is 1. The minimum Gasteiger partial charge on any atom is -0.507 e. The monoisotopic (exact) mass is 643 g/mol. The number of Topliss-reactive ketones (excluding diaryl/α,β-unsaturated/α-hetero) is 1. The van der Waals surface area contributed by atoms with Crippen molar-refractivity contribution in [2.75, 3.05) is 4.90 Å². The maximum atomic E-state index is 13.5. The third-order valence-corrected chi connectivity index (χ3v) is 9.67. The van der Waals surface area contributed by atoms with Crippen molar-refractivity contribution < 1.29 is 19.4 Å². The zero-order chi connectivity index (χ0) is 28.8. The van der Waals surface area contributed by atoms with E-state index in [2.05, 4.69) is 10.2 Å². The molecule has 7 nitrogen and oxygen atoms in total. The Morgan fingerprint density at radius 2 is 1.88 bits per heavy atom. The van der Waals surface area contributed by atoms with Gasteiger partial charge < -0.3 is 9.84 Å². The highest BCUT2D eigenvalue weighted by atomic mass is 35.5. The van der Waals surface area contributed by atoms with Crippen molar-refractivity contribution in [2.24, 2.45) is 0 Å². The molecule has 12 heteroatoms. The van der Waals surface area contributed by atoms with Gasteiger partial charge in [-0.2, -0.15) is 0 Å². The second-order valence-corrected chi connectivity index (χ2v) is 13.0. The first-order valence-electron chi connectivity index (χ1n) is 12.5. The molecule has 0 aliphatic carbocycles. The number of ketones is 1. The van der Waals surface area contributed by atoms with Crippen LogP contribution < -0.4 is 9.64 Å². The van der Waals surface area contributed by atoms with Crippen LogP contribution in [0, 0.1) is 0 Å². The van der Waals surface area contributed by atoms with E-state index in [1.807, 2.05) is 13.0 Å². The molecule has 3 aromatic carbocycles. The summed E-state index contributed by atoms with van der Waals surface area (Å²) in [6, 6.07) is 16.4. The van der Waals surface area contributed by atoms with Crippen LogP contribution in [0.5, 0.6) is 5.75 Å². The summed E-state index contributed by atoms with van der Waals surface area (Å²) in [6.45, 7) is 1.96. The lowest BCUT2D eigenvalue weighted by Crippen LogP contribution is -2.29. The molecule has 1 N–H and O–H groups in total. The van der Waals surface area contributed by atoms with Crippen molar-refractivity contribution in [3.05, 3.63) is 104 Å². The van der Waals surface area contributed by atoms with Crippen LogP contribution in [0.25, 0.3) is 5.76 Å². The van der Waals surface area contributed by atoms with Gasteiger partial charge in [-0.15, -0.1) is 10.2 Å². The van der Waals surface area contributed by atoms with Crippen molar-refractivity contribution >= 4 is 80.5 Å². The number of rotatable bonds is 6. The molecule has 208 valence electrons. The normalized spacial score (nSPS) is 19.5. The van der Waals surface area contributed by atoms with Crippen LogP contribution >= 0.6 is 57.9 Å². The summed E-state index contributed by atoms with van der Waals surface area (Å²) in [5.41, 5.74) is 2.70. The Bertz CT molecular complexity index is 1740. The van der Waals surface area contributed by atoms with Crippen molar-refractivity contribution in [3.8, 4) is 5.75 Å². The summed E-state index contributed by atoms with van der Waals surface area (Å²) in [5, 5.41) is 21.7. The van der Waals surface area contributed by atoms with E-state index in [-0.39, 0.29) is 22.6 Å². The quantitative estimate of drug-likeness (QED) is 0.0755. The predicted molar refractivity (Wildman–Crippen MR) is 162 cm³/mol. The van der Waals surface area contributed by atoms with E-state index < -0.39 is 17.7 Å². The Kier molecular flexibility index (Phi) is 7.74. The number of hydrogen-bond donors (Lipinski definition) is 1. The summed E-state index contributed by atoms with van der Waals surface area (Å²) in [7, 11) is 0. The highest BCUT2D eigenvalue weighted by molar-refractivity contribution is 8.00. The number of ether oxygens (including phenoxy) is 1. The summed E-state index contributed by atoms with van der Waals surface area (Å²) in [4.78, 5) is 28.3. The molecule has 4 aromatic rings. The SMILES string of the molecule is C[C@@H]1Cc2cc(/C(O)=C3\C(=O)C(=O)N(c4nnc(SCc5ccc(Cl)cc5Cl)s4)[C@H]3c3cccc(Cl)c3)ccc2O1. The van der Waals surface area contributed by atoms with E-state index in [9.17, 15) is 14.7 Å². The number of thioether (sulfide) groups is 1. The molecule has 0 radical (unpaired) electrons. The molecule has 0 saturated carbocycles. The standard InChI is InChI=1S/C29H20Cl3N3O4S2/c1-14-9-18-10-16(6-8-22(18)39-14)25(36)23-24(15-3-2-4-19(30)11-15)35(27(38)26(23)37)28-33-34-29(41-28)40-13-17-5-7-20(31)12-21(17)32/h2-8,10-12,14,24,36H,9,13H2,1H3/b25-23+/t14-,24+/m1/s1. The van der Waals surface area contributed by atoms with E-state index in [0.717, 1.165) is 28.2 Å². The number of halogens is 3. The van der Waals surface area contributed by atoms with Gasteiger partial charge in [0.2, 0.25) is 5.13 Å². The largest absolute Gasteiger partial charge is 0.507 e. The van der Waals surface area contributed by atoms with Crippen molar-refractivity contribution in [1.82, 2.24) is 10.2 Å². The van der Waals surface area contributed by atoms with Crippen molar-refractivity contribution in [3.63, 3.8) is 0 Å². The molecule has 1 saturated heterocycles. The van der Waals surface area contributed by atoms with Crippen LogP contribution in [-0.4, -0.2) is 33.1 Å². The fourth-order valence-corrected chi connectivity index (χ4v) is 7.51. The molecule has 1 aromatic heterocycles. The van der Waals surface area contributed by atoms with Crippen LogP contribution in [0.3, 0.4) is 0 Å². The third-order valence-electron chi connectivity index (χ3n) is 6.75. The molecule has 1 fully saturated rings. The van der Waals surface area contributed by atoms with Gasteiger partial charge in [0.05, 0.1) is 11.6 Å². The van der Waals surface area contributed by atoms with Crippen LogP contribution in [0.15, 0.2) is 70.6 Å². The second-order valence-electron chi connectivity index (χ2n) is 9.55. The zero-order valence-electron chi connectivity index (χ0n) is 21.3. The second kappa shape index (κ2) is 11.3. The van der Waals surface area contributed by atoms with Gasteiger partial charge in [-0.3, -0.25) is 14.5 Å². The minimum absolute atomic E-state index is 0.0135. The Morgan fingerprint density at radius 3 is 2.66 bits per heavy atom. The van der Waals surface area contributed by atoms with E-state index in [0.29, 0.717) is 42.7 Å². The van der Waals surface area contributed by atoms with E-state index >= 15 is 0 Å². The summed E-state index contributed by atoms with van der Waals surface area (Å²) in [6.07, 6.45) is 0.689. The maximum Gasteiger partial charge on any atom is 0.301 e. The van der Waals surface area contributed by atoms with Gasteiger partial charge >= 0.3 is 5.91 Å². The summed E-state index contributed by atoms with van der Waals surface area (Å²) in [5.74, 6) is -0.686. The highest BCUT2D eigenvalue weighted by Crippen LogP contribution is 2.45. The number of aromatic nitrogens is 2. The first-order chi connectivity index (χ1) is 19.7. The Hall–Kier alpha value is -3.08. The van der Waals surface area contributed by atoms with Gasteiger partial charge in [-0.1, -0.05) is 76.1 Å². The van der Waals surface area contributed by atoms with Gasteiger partial charge in [0.1, 0.15) is 17.6 Å². The number of benzene rings is 3. The average Bonchev–Trinajstić information content (AvgIpc) is 3.62. The molecule has 2 aliphatic rings. The molecular weight excluding hydrogens is 625 g/mol. The van der Waals surface area contributed by atoms with Crippen LogP contribution in [-0.2, 0) is 21.8 Å². The Morgan fingerprint density at radius 1 is 1.07 bits per heavy atom. The van der Waals surface area contributed by atoms with E-state index in [1.165, 1.54) is 16.7 Å². The molecule has 2 aliphatic heterocycles. The van der Waals surface area contributed by atoms with E-state index in [1.54, 1.807) is 54.6 Å². The molecule has 0 bridgehead atoms. The van der Waals surface area contributed by atoms with Crippen molar-refractivity contribution in [1.29, 1.82) is 0 Å². The molecule has 0 unspecified atom stereocenters. The lowest BCUT2D eigenvalue weighted by Gasteiger charge is -2.22. The van der Waals surface area contributed by atoms with Crippen LogP contribution in [0.1, 0.15) is 35.2 Å². The van der Waals surface area contributed by atoms with Gasteiger partial charge in [-0.05, 0) is 66.1 Å². The number of anilines is 1. The molecule has 41 heavy (non-hydrogen) atoms. The molecular formula is C29H20Cl3N3O4S2. The molecule has 0 spiro atoms. The molecule has 1 amide bonds. The number of carbonyl (C=O) groups is 2. The first kappa shape index (κ1) is 28.1. The van der Waals surface area contributed by atoms with E-state index in [4.69, 9.17) is 39.5 Å². The zero-order valence-corrected chi connectivity index (χ0v) is 25.2. The fraction of sp³-hybridized carbons (Fsp3) is 0.172. The minimum atomic E-state index is -0.964. The summed E-state index contributed by atoms with van der Waals surface area (Å²) < 4.78 is 6.35. The van der Waals surface area contributed by atoms with Gasteiger partial charge in [0, 0.05) is 32.8 Å². The van der Waals surface area contributed by atoms with Gasteiger partial charge in [-0.25, -0.2) is 0 Å². The Balaban J connectivity index is 1.38. The number of hydrogen-bond acceptors (Lipinski definition) is 8. The lowest BCUT2D eigenvalue weighted by molar-refractivity contribution is -0.132. The number of nitrogens with zero attached hydrogens (tertiary/aromatic N) is 3. The molecule has 6 rings (SSSR count). The van der Waals surface area contributed by atoms with Crippen LogP contribution in [0.4, 0.5) is 5.13 Å². The van der Waals surface area contributed by atoms with Crippen LogP contribution in [0.2, 0.25) is 15.1 Å². The predicted octanol–water partition coefficient (Wildman–Crippen LogP) is 7.74. The topological polar surface area (TPSA) is 92.6 Å². The highest BCUT2D eigenvalue weighted by Gasteiger charge is 2.48. The van der Waals surface area contributed by atoms with Gasteiger partial charge in [0.25, 0.3) is 5.78 Å². The fourth-order valence-electron chi connectivity index (χ4n) is 4.88. The number of carbonyl (C=O) groups excluding carboxylic acids is 2. The number of fused-ring (bicyclic) bond motifs is 1. The Labute approximate surface area is 258 Å². The molecule has 3 heterocycles. The van der Waals surface area contributed by atoms with Gasteiger partial charge in [0.15, 0.2) is 4.34 Å². The number of aliphatic hydroxyl groups excluding tert-OH is 1. The average molecular weight is 645 g/mol. The third kappa shape index (κ3) is 5.45. The first-order valence-corrected chi connectivity index (χ1v) is 15.4.